The molecule has 1 aromatic carbocycles. The summed E-state index contributed by atoms with van der Waals surface area (Å²) in [5.74, 6) is 0.357. The molecule has 0 saturated heterocycles. The lowest BCUT2D eigenvalue weighted by molar-refractivity contribution is -0.123. The maximum atomic E-state index is 13.4. The Hall–Kier alpha value is -1.62. The lowest BCUT2D eigenvalue weighted by Gasteiger charge is -2.10. The first-order chi connectivity index (χ1) is 9.51. The topological polar surface area (TPSA) is 50.4 Å². The molecule has 0 aliphatic rings. The molecule has 5 heteroatoms. The average molecular weight is 282 g/mol. The van der Waals surface area contributed by atoms with Gasteiger partial charge in [0.25, 0.3) is 5.91 Å². The summed E-state index contributed by atoms with van der Waals surface area (Å²) in [7, 11) is 1.79. The molecule has 0 aromatic heterocycles. The Morgan fingerprint density at radius 2 is 2.10 bits per heavy atom. The van der Waals surface area contributed by atoms with Gasteiger partial charge in [-0.1, -0.05) is 13.8 Å². The molecule has 0 atom stereocenters. The highest BCUT2D eigenvalue weighted by Gasteiger charge is 2.05. The van der Waals surface area contributed by atoms with Crippen LogP contribution in [0.5, 0.6) is 5.75 Å². The van der Waals surface area contributed by atoms with Crippen LogP contribution in [0.2, 0.25) is 0 Å². The molecule has 1 aromatic rings. The molecule has 0 radical (unpaired) electrons. The van der Waals surface area contributed by atoms with Crippen molar-refractivity contribution in [3.63, 3.8) is 0 Å². The fourth-order valence-corrected chi connectivity index (χ4v) is 1.71. The van der Waals surface area contributed by atoms with Crippen LogP contribution in [0.3, 0.4) is 0 Å². The van der Waals surface area contributed by atoms with Crippen LogP contribution >= 0.6 is 0 Å². The third-order valence-corrected chi connectivity index (χ3v) is 2.73. The summed E-state index contributed by atoms with van der Waals surface area (Å²) in [6.45, 7) is 5.28. The molecule has 0 unspecified atom stereocenters. The average Bonchev–Trinajstić information content (AvgIpc) is 2.36. The number of benzene rings is 1. The van der Waals surface area contributed by atoms with Gasteiger partial charge in [0, 0.05) is 19.2 Å². The van der Waals surface area contributed by atoms with Gasteiger partial charge in [0.05, 0.1) is 0 Å². The number of nitrogens with one attached hydrogen (secondary N) is 2. The second-order valence-corrected chi connectivity index (χ2v) is 5.15. The van der Waals surface area contributed by atoms with E-state index in [0.717, 1.165) is 12.0 Å². The molecule has 0 fully saturated rings. The predicted molar refractivity (Wildman–Crippen MR) is 77.1 cm³/mol. The molecule has 1 rings (SSSR count). The monoisotopic (exact) mass is 282 g/mol. The highest BCUT2D eigenvalue weighted by atomic mass is 19.1. The Morgan fingerprint density at radius 1 is 1.35 bits per heavy atom. The van der Waals surface area contributed by atoms with E-state index in [1.54, 1.807) is 13.1 Å². The molecule has 0 spiro atoms. The van der Waals surface area contributed by atoms with Crippen LogP contribution in [-0.2, 0) is 11.3 Å². The maximum absolute atomic E-state index is 13.4. The van der Waals surface area contributed by atoms with E-state index in [9.17, 15) is 9.18 Å². The Balaban J connectivity index is 2.42. The molecule has 20 heavy (non-hydrogen) atoms. The smallest absolute Gasteiger partial charge is 0.257 e. The number of rotatable bonds is 8. The Labute approximate surface area is 119 Å². The van der Waals surface area contributed by atoms with E-state index < -0.39 is 0 Å². The van der Waals surface area contributed by atoms with Gasteiger partial charge < -0.3 is 15.4 Å². The molecule has 0 bridgehead atoms. The first kappa shape index (κ1) is 16.4. The van der Waals surface area contributed by atoms with Crippen LogP contribution in [0.4, 0.5) is 4.39 Å². The Kier molecular flexibility index (Phi) is 7.01. The summed E-state index contributed by atoms with van der Waals surface area (Å²) in [5, 5.41) is 5.71. The second-order valence-electron chi connectivity index (χ2n) is 5.15. The number of hydrogen-bond donors (Lipinski definition) is 2. The van der Waals surface area contributed by atoms with Crippen LogP contribution < -0.4 is 15.4 Å². The zero-order valence-electron chi connectivity index (χ0n) is 12.3. The van der Waals surface area contributed by atoms with Crippen LogP contribution in [0.1, 0.15) is 25.8 Å². The quantitative estimate of drug-likeness (QED) is 0.767. The molecule has 4 nitrogen and oxygen atoms in total. The Morgan fingerprint density at radius 3 is 2.75 bits per heavy atom. The lowest BCUT2D eigenvalue weighted by atomic mass is 10.1. The summed E-state index contributed by atoms with van der Waals surface area (Å²) in [6, 6.07) is 4.44. The van der Waals surface area contributed by atoms with E-state index in [0.29, 0.717) is 24.8 Å². The third kappa shape index (κ3) is 6.52. The van der Waals surface area contributed by atoms with Gasteiger partial charge >= 0.3 is 0 Å². The van der Waals surface area contributed by atoms with Crippen molar-refractivity contribution in [1.29, 1.82) is 0 Å². The Bertz CT molecular complexity index is 436. The molecule has 0 aliphatic carbocycles. The third-order valence-electron chi connectivity index (χ3n) is 2.73. The minimum absolute atomic E-state index is 0.0967. The lowest BCUT2D eigenvalue weighted by Crippen LogP contribution is -2.30. The van der Waals surface area contributed by atoms with Gasteiger partial charge in [0.1, 0.15) is 11.6 Å². The molecule has 1 amide bonds. The van der Waals surface area contributed by atoms with Gasteiger partial charge in [-0.2, -0.15) is 0 Å². The zero-order valence-corrected chi connectivity index (χ0v) is 12.3. The van der Waals surface area contributed by atoms with Crippen molar-refractivity contribution in [2.24, 2.45) is 5.92 Å². The standard InChI is InChI=1S/C15H23FN2O2/c1-11(2)4-5-18-15(19)10-20-14-7-12(9-17-3)6-13(16)8-14/h6-8,11,17H,4-5,9-10H2,1-3H3,(H,18,19). The minimum Gasteiger partial charge on any atom is -0.484 e. The molecular weight excluding hydrogens is 259 g/mol. The number of carbonyl (C=O) groups excluding carboxylic acids is 1. The van der Waals surface area contributed by atoms with Crippen LogP contribution in [0.15, 0.2) is 18.2 Å². The molecular formula is C15H23FN2O2. The fourth-order valence-electron chi connectivity index (χ4n) is 1.71. The van der Waals surface area contributed by atoms with Gasteiger partial charge in [-0.15, -0.1) is 0 Å². The highest BCUT2D eigenvalue weighted by molar-refractivity contribution is 5.77. The van der Waals surface area contributed by atoms with E-state index in [-0.39, 0.29) is 18.3 Å². The van der Waals surface area contributed by atoms with Gasteiger partial charge in [0.2, 0.25) is 0 Å². The second kappa shape index (κ2) is 8.53. The summed E-state index contributed by atoms with van der Waals surface area (Å²) in [6.07, 6.45) is 0.929. The van der Waals surface area contributed by atoms with E-state index in [4.69, 9.17) is 4.74 Å². The molecule has 0 aliphatic heterocycles. The van der Waals surface area contributed by atoms with Gasteiger partial charge in [0.15, 0.2) is 6.61 Å². The normalized spacial score (nSPS) is 10.7. The van der Waals surface area contributed by atoms with E-state index >= 15 is 0 Å². The number of halogens is 1. The van der Waals surface area contributed by atoms with Crippen LogP contribution in [-0.4, -0.2) is 26.1 Å². The van der Waals surface area contributed by atoms with E-state index in [1.807, 2.05) is 0 Å². The fraction of sp³-hybridized carbons (Fsp3) is 0.533. The van der Waals surface area contributed by atoms with Crippen molar-refractivity contribution in [2.45, 2.75) is 26.8 Å². The van der Waals surface area contributed by atoms with Gasteiger partial charge in [-0.3, -0.25) is 4.79 Å². The summed E-state index contributed by atoms with van der Waals surface area (Å²) >= 11 is 0. The molecule has 0 heterocycles. The molecule has 112 valence electrons. The largest absolute Gasteiger partial charge is 0.484 e. The zero-order chi connectivity index (χ0) is 15.0. The van der Waals surface area contributed by atoms with Crippen molar-refractivity contribution in [2.75, 3.05) is 20.2 Å². The first-order valence-corrected chi connectivity index (χ1v) is 6.85. The van der Waals surface area contributed by atoms with Crippen LogP contribution in [0.25, 0.3) is 0 Å². The maximum Gasteiger partial charge on any atom is 0.257 e. The minimum atomic E-state index is -0.368. The number of hydrogen-bond acceptors (Lipinski definition) is 3. The summed E-state index contributed by atoms with van der Waals surface area (Å²) in [4.78, 5) is 11.6. The summed E-state index contributed by atoms with van der Waals surface area (Å²) in [5.41, 5.74) is 0.780. The van der Waals surface area contributed by atoms with Crippen LogP contribution in [0, 0.1) is 11.7 Å². The van der Waals surface area contributed by atoms with Crippen molar-refractivity contribution in [3.05, 3.63) is 29.6 Å². The number of carbonyl (C=O) groups is 1. The van der Waals surface area contributed by atoms with Gasteiger partial charge in [-0.25, -0.2) is 4.39 Å². The number of ether oxygens (including phenoxy) is 1. The van der Waals surface area contributed by atoms with Crippen molar-refractivity contribution in [3.8, 4) is 5.75 Å². The molecule has 2 N–H and O–H groups in total. The van der Waals surface area contributed by atoms with Gasteiger partial charge in [-0.05, 0) is 37.1 Å². The van der Waals surface area contributed by atoms with E-state index in [2.05, 4.69) is 24.5 Å². The number of amides is 1. The van der Waals surface area contributed by atoms with Crippen molar-refractivity contribution >= 4 is 5.91 Å². The SMILES string of the molecule is CNCc1cc(F)cc(OCC(=O)NCCC(C)C)c1. The van der Waals surface area contributed by atoms with E-state index in [1.165, 1.54) is 12.1 Å². The van der Waals surface area contributed by atoms with Crippen molar-refractivity contribution < 1.29 is 13.9 Å². The highest BCUT2D eigenvalue weighted by Crippen LogP contribution is 2.16. The summed E-state index contributed by atoms with van der Waals surface area (Å²) < 4.78 is 18.7. The molecule has 0 saturated carbocycles. The first-order valence-electron chi connectivity index (χ1n) is 6.85. The van der Waals surface area contributed by atoms with Crippen molar-refractivity contribution in [1.82, 2.24) is 10.6 Å². The predicted octanol–water partition coefficient (Wildman–Crippen LogP) is 2.09.